The standard InChI is InChI=1S/C17H30N4O2/c1-12(14-10-21(5)7-8-23-14)18-15-9-13(11-22-6)19-16(20-15)17(2,3)4/h9,12,14H,7-8,10-11H2,1-6H3,(H,18,19,20). The summed E-state index contributed by atoms with van der Waals surface area (Å²) in [5.41, 5.74) is 0.786. The van der Waals surface area contributed by atoms with Crippen molar-refractivity contribution in [2.24, 2.45) is 0 Å². The van der Waals surface area contributed by atoms with E-state index in [1.54, 1.807) is 7.11 Å². The molecule has 1 fully saturated rings. The van der Waals surface area contributed by atoms with E-state index in [-0.39, 0.29) is 17.6 Å². The molecule has 130 valence electrons. The van der Waals surface area contributed by atoms with Crippen LogP contribution >= 0.6 is 0 Å². The molecule has 0 aromatic carbocycles. The van der Waals surface area contributed by atoms with Gasteiger partial charge in [0.2, 0.25) is 0 Å². The lowest BCUT2D eigenvalue weighted by molar-refractivity contribution is -0.0260. The van der Waals surface area contributed by atoms with Crippen molar-refractivity contribution >= 4 is 5.82 Å². The van der Waals surface area contributed by atoms with Crippen LogP contribution in [0.3, 0.4) is 0 Å². The van der Waals surface area contributed by atoms with Crippen LogP contribution in [0, 0.1) is 0 Å². The van der Waals surface area contributed by atoms with Crippen molar-refractivity contribution in [3.8, 4) is 0 Å². The predicted molar refractivity (Wildman–Crippen MR) is 91.8 cm³/mol. The highest BCUT2D eigenvalue weighted by molar-refractivity contribution is 5.38. The molecule has 0 amide bonds. The van der Waals surface area contributed by atoms with E-state index >= 15 is 0 Å². The average molecular weight is 322 g/mol. The highest BCUT2D eigenvalue weighted by Crippen LogP contribution is 2.22. The van der Waals surface area contributed by atoms with Gasteiger partial charge in [-0.2, -0.15) is 0 Å². The van der Waals surface area contributed by atoms with Crippen LogP contribution in [0.4, 0.5) is 5.82 Å². The molecule has 23 heavy (non-hydrogen) atoms. The minimum absolute atomic E-state index is 0.106. The third kappa shape index (κ3) is 5.12. The first-order chi connectivity index (χ1) is 10.8. The number of morpholine rings is 1. The highest BCUT2D eigenvalue weighted by Gasteiger charge is 2.25. The number of hydrogen-bond donors (Lipinski definition) is 1. The Morgan fingerprint density at radius 1 is 1.43 bits per heavy atom. The van der Waals surface area contributed by atoms with Gasteiger partial charge in [0, 0.05) is 31.7 Å². The molecule has 0 spiro atoms. The summed E-state index contributed by atoms with van der Waals surface area (Å²) < 4.78 is 11.1. The summed E-state index contributed by atoms with van der Waals surface area (Å²) in [7, 11) is 3.81. The van der Waals surface area contributed by atoms with Crippen LogP contribution in [-0.4, -0.2) is 60.9 Å². The second-order valence-corrected chi connectivity index (χ2v) is 7.36. The van der Waals surface area contributed by atoms with Gasteiger partial charge in [-0.3, -0.25) is 0 Å². The summed E-state index contributed by atoms with van der Waals surface area (Å²) in [4.78, 5) is 11.6. The molecule has 0 bridgehead atoms. The van der Waals surface area contributed by atoms with E-state index < -0.39 is 0 Å². The minimum Gasteiger partial charge on any atom is -0.378 e. The molecule has 1 aromatic heterocycles. The molecule has 6 heteroatoms. The molecule has 1 saturated heterocycles. The maximum atomic E-state index is 5.89. The van der Waals surface area contributed by atoms with E-state index in [0.717, 1.165) is 37.0 Å². The van der Waals surface area contributed by atoms with Crippen molar-refractivity contribution in [1.82, 2.24) is 14.9 Å². The zero-order chi connectivity index (χ0) is 17.0. The molecule has 0 aliphatic carbocycles. The molecule has 2 atom stereocenters. The fourth-order valence-corrected chi connectivity index (χ4v) is 2.57. The minimum atomic E-state index is -0.106. The Morgan fingerprint density at radius 2 is 2.17 bits per heavy atom. The zero-order valence-corrected chi connectivity index (χ0v) is 15.2. The third-order valence-corrected chi connectivity index (χ3v) is 3.97. The number of nitrogens with zero attached hydrogens (tertiary/aromatic N) is 3. The summed E-state index contributed by atoms with van der Waals surface area (Å²) in [6.07, 6.45) is 0.160. The van der Waals surface area contributed by atoms with Gasteiger partial charge in [-0.15, -0.1) is 0 Å². The Bertz CT molecular complexity index is 516. The van der Waals surface area contributed by atoms with Gasteiger partial charge in [0.1, 0.15) is 11.6 Å². The van der Waals surface area contributed by atoms with Crippen LogP contribution in [-0.2, 0) is 21.5 Å². The van der Waals surface area contributed by atoms with Crippen molar-refractivity contribution in [2.75, 3.05) is 39.2 Å². The molecule has 1 aliphatic rings. The molecule has 2 rings (SSSR count). The van der Waals surface area contributed by atoms with E-state index in [2.05, 4.69) is 49.9 Å². The molecule has 1 aliphatic heterocycles. The van der Waals surface area contributed by atoms with Gasteiger partial charge in [-0.1, -0.05) is 20.8 Å². The first-order valence-corrected chi connectivity index (χ1v) is 8.23. The molecule has 0 saturated carbocycles. The molecular weight excluding hydrogens is 292 g/mol. The summed E-state index contributed by atoms with van der Waals surface area (Å²) in [5, 5.41) is 3.49. The number of hydrogen-bond acceptors (Lipinski definition) is 6. The van der Waals surface area contributed by atoms with Gasteiger partial charge in [0.15, 0.2) is 0 Å². The van der Waals surface area contributed by atoms with Crippen LogP contribution in [0.5, 0.6) is 0 Å². The molecule has 0 radical (unpaired) electrons. The fraction of sp³-hybridized carbons (Fsp3) is 0.765. The molecule has 2 heterocycles. The van der Waals surface area contributed by atoms with Crippen LogP contribution in [0.25, 0.3) is 0 Å². The van der Waals surface area contributed by atoms with Gasteiger partial charge in [0.05, 0.1) is 31.1 Å². The van der Waals surface area contributed by atoms with Crippen molar-refractivity contribution in [2.45, 2.75) is 51.9 Å². The predicted octanol–water partition coefficient (Wildman–Crippen LogP) is 2.05. The number of methoxy groups -OCH3 is 1. The largest absolute Gasteiger partial charge is 0.378 e. The number of rotatable bonds is 5. The fourth-order valence-electron chi connectivity index (χ4n) is 2.57. The Labute approximate surface area is 139 Å². The quantitative estimate of drug-likeness (QED) is 0.895. The number of anilines is 1. The van der Waals surface area contributed by atoms with Gasteiger partial charge in [-0.25, -0.2) is 9.97 Å². The Hall–Kier alpha value is -1.24. The number of nitrogens with one attached hydrogen (secondary N) is 1. The lowest BCUT2D eigenvalue weighted by atomic mass is 9.95. The summed E-state index contributed by atoms with van der Waals surface area (Å²) in [6, 6.07) is 2.14. The van der Waals surface area contributed by atoms with E-state index in [9.17, 15) is 0 Å². The normalized spacial score (nSPS) is 21.2. The molecule has 2 unspecified atom stereocenters. The second-order valence-electron chi connectivity index (χ2n) is 7.36. The van der Waals surface area contributed by atoms with Crippen LogP contribution in [0.15, 0.2) is 6.07 Å². The number of likely N-dealkylation sites (N-methyl/N-ethyl adjacent to an activating group) is 1. The van der Waals surface area contributed by atoms with Crippen LogP contribution in [0.1, 0.15) is 39.2 Å². The summed E-state index contributed by atoms with van der Waals surface area (Å²) >= 11 is 0. The first kappa shape index (κ1) is 18.1. The Morgan fingerprint density at radius 3 is 2.78 bits per heavy atom. The van der Waals surface area contributed by atoms with Crippen molar-refractivity contribution < 1.29 is 9.47 Å². The van der Waals surface area contributed by atoms with Gasteiger partial charge < -0.3 is 19.7 Å². The van der Waals surface area contributed by atoms with Crippen LogP contribution < -0.4 is 5.32 Å². The highest BCUT2D eigenvalue weighted by atomic mass is 16.5. The monoisotopic (exact) mass is 322 g/mol. The smallest absolute Gasteiger partial charge is 0.136 e. The molecule has 1 aromatic rings. The van der Waals surface area contributed by atoms with E-state index in [1.807, 2.05) is 6.07 Å². The maximum absolute atomic E-state index is 5.89. The van der Waals surface area contributed by atoms with Crippen molar-refractivity contribution in [3.05, 3.63) is 17.6 Å². The average Bonchev–Trinajstić information content (AvgIpc) is 2.46. The maximum Gasteiger partial charge on any atom is 0.136 e. The first-order valence-electron chi connectivity index (χ1n) is 8.23. The number of aromatic nitrogens is 2. The second kappa shape index (κ2) is 7.55. The van der Waals surface area contributed by atoms with E-state index in [1.165, 1.54) is 0 Å². The van der Waals surface area contributed by atoms with Crippen LogP contribution in [0.2, 0.25) is 0 Å². The lowest BCUT2D eigenvalue weighted by Crippen LogP contribution is -2.47. The SMILES string of the molecule is COCc1cc(NC(C)C2CN(C)CCO2)nc(C(C)(C)C)n1. The van der Waals surface area contributed by atoms with Gasteiger partial charge in [0.25, 0.3) is 0 Å². The van der Waals surface area contributed by atoms with E-state index in [0.29, 0.717) is 6.61 Å². The molecule has 6 nitrogen and oxygen atoms in total. The lowest BCUT2D eigenvalue weighted by Gasteiger charge is -2.34. The number of ether oxygens (including phenoxy) is 2. The molecular formula is C17H30N4O2. The summed E-state index contributed by atoms with van der Waals surface area (Å²) in [5.74, 6) is 1.66. The molecule has 1 N–H and O–H groups in total. The van der Waals surface area contributed by atoms with E-state index in [4.69, 9.17) is 14.5 Å². The van der Waals surface area contributed by atoms with Gasteiger partial charge in [-0.05, 0) is 14.0 Å². The van der Waals surface area contributed by atoms with Crippen molar-refractivity contribution in [3.63, 3.8) is 0 Å². The van der Waals surface area contributed by atoms with Crippen molar-refractivity contribution in [1.29, 1.82) is 0 Å². The Kier molecular flexibility index (Phi) is 5.95. The van der Waals surface area contributed by atoms with Gasteiger partial charge >= 0.3 is 0 Å². The topological polar surface area (TPSA) is 59.5 Å². The zero-order valence-electron chi connectivity index (χ0n) is 15.2. The summed E-state index contributed by atoms with van der Waals surface area (Å²) in [6.45, 7) is 11.7. The third-order valence-electron chi connectivity index (χ3n) is 3.97. The Balaban J connectivity index is 2.15.